The van der Waals surface area contributed by atoms with Gasteiger partial charge in [0.15, 0.2) is 5.11 Å². The van der Waals surface area contributed by atoms with E-state index in [0.29, 0.717) is 10.7 Å². The molecule has 0 aliphatic rings. The van der Waals surface area contributed by atoms with Crippen LogP contribution in [0.2, 0.25) is 0 Å². The first-order valence-corrected chi connectivity index (χ1v) is 7.80. The number of aryl methyl sites for hydroxylation is 1. The van der Waals surface area contributed by atoms with E-state index in [1.807, 2.05) is 60.7 Å². The van der Waals surface area contributed by atoms with Gasteiger partial charge in [-0.3, -0.25) is 10.2 Å². The van der Waals surface area contributed by atoms with Crippen molar-refractivity contribution in [2.45, 2.75) is 0 Å². The lowest BCUT2D eigenvalue weighted by molar-refractivity contribution is 0.903. The van der Waals surface area contributed by atoms with E-state index in [1.165, 1.54) is 6.21 Å². The number of anilines is 1. The maximum Gasteiger partial charge on any atom is 0.259 e. The van der Waals surface area contributed by atoms with Crippen LogP contribution in [0, 0.1) is 0 Å². The Morgan fingerprint density at radius 2 is 1.83 bits per heavy atom. The summed E-state index contributed by atoms with van der Waals surface area (Å²) in [5, 5.41) is 8.40. The molecular weight excluding hydrogens is 320 g/mol. The van der Waals surface area contributed by atoms with Crippen molar-refractivity contribution in [3.05, 3.63) is 76.6 Å². The molecule has 3 aromatic rings. The van der Waals surface area contributed by atoms with Gasteiger partial charge >= 0.3 is 0 Å². The average Bonchev–Trinajstić information content (AvgIpc) is 2.60. The Balaban J connectivity index is 1.75. The predicted octanol–water partition coefficient (Wildman–Crippen LogP) is 2.86. The number of fused-ring (bicyclic) bond motifs is 1. The molecule has 0 atom stereocenters. The molecule has 0 unspecified atom stereocenters. The van der Waals surface area contributed by atoms with Gasteiger partial charge in [-0.1, -0.05) is 36.4 Å². The zero-order chi connectivity index (χ0) is 16.9. The van der Waals surface area contributed by atoms with Crippen LogP contribution in [0.5, 0.6) is 0 Å². The summed E-state index contributed by atoms with van der Waals surface area (Å²) in [5.74, 6) is 0. The summed E-state index contributed by atoms with van der Waals surface area (Å²) in [5.41, 5.74) is 4.85. The summed E-state index contributed by atoms with van der Waals surface area (Å²) < 4.78 is 1.61. The highest BCUT2D eigenvalue weighted by molar-refractivity contribution is 7.80. The molecule has 120 valence electrons. The van der Waals surface area contributed by atoms with E-state index in [-0.39, 0.29) is 5.56 Å². The van der Waals surface area contributed by atoms with Crippen LogP contribution in [-0.2, 0) is 7.05 Å². The first-order chi connectivity index (χ1) is 11.6. The van der Waals surface area contributed by atoms with Gasteiger partial charge in [-0.15, -0.1) is 0 Å². The molecule has 0 aliphatic carbocycles. The van der Waals surface area contributed by atoms with Gasteiger partial charge in [0.2, 0.25) is 0 Å². The second-order valence-corrected chi connectivity index (χ2v) is 5.62. The monoisotopic (exact) mass is 336 g/mol. The molecule has 2 aromatic carbocycles. The predicted molar refractivity (Wildman–Crippen MR) is 103 cm³/mol. The number of rotatable bonds is 3. The van der Waals surface area contributed by atoms with Crippen LogP contribution in [0.25, 0.3) is 10.9 Å². The number of nitrogens with zero attached hydrogens (tertiary/aromatic N) is 2. The highest BCUT2D eigenvalue weighted by atomic mass is 32.1. The molecule has 0 aliphatic heterocycles. The van der Waals surface area contributed by atoms with E-state index in [4.69, 9.17) is 12.2 Å². The lowest BCUT2D eigenvalue weighted by atomic mass is 10.1. The Morgan fingerprint density at radius 3 is 2.62 bits per heavy atom. The Morgan fingerprint density at radius 1 is 1.12 bits per heavy atom. The topological polar surface area (TPSA) is 58.4 Å². The van der Waals surface area contributed by atoms with E-state index in [2.05, 4.69) is 15.8 Å². The molecule has 0 fully saturated rings. The lowest BCUT2D eigenvalue weighted by Crippen LogP contribution is -2.25. The number of aromatic nitrogens is 1. The molecule has 0 saturated carbocycles. The molecule has 0 amide bonds. The molecule has 6 heteroatoms. The third-order valence-corrected chi connectivity index (χ3v) is 3.76. The van der Waals surface area contributed by atoms with E-state index < -0.39 is 0 Å². The van der Waals surface area contributed by atoms with Crippen LogP contribution in [0.3, 0.4) is 0 Å². The number of nitrogens with one attached hydrogen (secondary N) is 2. The first kappa shape index (κ1) is 15.9. The fraction of sp³-hybridized carbons (Fsp3) is 0.0556. The smallest absolute Gasteiger partial charge is 0.259 e. The van der Waals surface area contributed by atoms with E-state index in [0.717, 1.165) is 16.6 Å². The Labute approximate surface area is 144 Å². The van der Waals surface area contributed by atoms with Crippen molar-refractivity contribution in [1.29, 1.82) is 0 Å². The van der Waals surface area contributed by atoms with Crippen LogP contribution < -0.4 is 16.3 Å². The number of benzene rings is 2. The summed E-state index contributed by atoms with van der Waals surface area (Å²) in [4.78, 5) is 12.3. The van der Waals surface area contributed by atoms with Crippen molar-refractivity contribution in [1.82, 2.24) is 9.99 Å². The van der Waals surface area contributed by atoms with E-state index in [9.17, 15) is 4.79 Å². The molecule has 1 heterocycles. The highest BCUT2D eigenvalue weighted by Crippen LogP contribution is 2.11. The van der Waals surface area contributed by atoms with Gasteiger partial charge in [-0.2, -0.15) is 5.10 Å². The molecule has 5 nitrogen and oxygen atoms in total. The van der Waals surface area contributed by atoms with Crippen LogP contribution in [-0.4, -0.2) is 15.9 Å². The minimum Gasteiger partial charge on any atom is -0.331 e. The maximum atomic E-state index is 12.3. The fourth-order valence-electron chi connectivity index (χ4n) is 2.38. The summed E-state index contributed by atoms with van der Waals surface area (Å²) in [6.07, 6.45) is 1.48. The largest absolute Gasteiger partial charge is 0.331 e. The summed E-state index contributed by atoms with van der Waals surface area (Å²) in [7, 11) is 1.75. The van der Waals surface area contributed by atoms with Gasteiger partial charge in [0.25, 0.3) is 5.56 Å². The minimum atomic E-state index is -0.110. The number of thiocarbonyl (C=S) groups is 1. The molecular formula is C18H16N4OS. The zero-order valence-electron chi connectivity index (χ0n) is 13.1. The lowest BCUT2D eigenvalue weighted by Gasteiger charge is -2.07. The van der Waals surface area contributed by atoms with Crippen LogP contribution in [0.4, 0.5) is 5.69 Å². The van der Waals surface area contributed by atoms with E-state index >= 15 is 0 Å². The molecule has 24 heavy (non-hydrogen) atoms. The maximum absolute atomic E-state index is 12.3. The van der Waals surface area contributed by atoms with Gasteiger partial charge in [-0.25, -0.2) is 0 Å². The second kappa shape index (κ2) is 7.06. The van der Waals surface area contributed by atoms with Crippen LogP contribution in [0.15, 0.2) is 70.6 Å². The van der Waals surface area contributed by atoms with Gasteiger partial charge in [0.1, 0.15) is 0 Å². The standard InChI is InChI=1S/C18H16N4OS/c1-22-16-10-6-5-7-13(16)11-14(17(22)23)12-19-21-18(24)20-15-8-3-2-4-9-15/h2-12H,1H3,(H2,20,21,24)/b19-12+. The third kappa shape index (κ3) is 3.49. The first-order valence-electron chi connectivity index (χ1n) is 7.39. The number of hydrazone groups is 1. The van der Waals surface area contributed by atoms with Crippen molar-refractivity contribution in [3.63, 3.8) is 0 Å². The summed E-state index contributed by atoms with van der Waals surface area (Å²) in [6, 6.07) is 19.1. The molecule has 1 aromatic heterocycles. The Bertz CT molecular complexity index is 964. The molecule has 0 spiro atoms. The summed E-state index contributed by atoms with van der Waals surface area (Å²) in [6.45, 7) is 0. The van der Waals surface area contributed by atoms with Crippen molar-refractivity contribution < 1.29 is 0 Å². The SMILES string of the molecule is Cn1c(=O)c(/C=N/NC(=S)Nc2ccccc2)cc2ccccc21. The quantitative estimate of drug-likeness (QED) is 0.439. The molecule has 2 N–H and O–H groups in total. The van der Waals surface area contributed by atoms with Crippen LogP contribution in [0.1, 0.15) is 5.56 Å². The van der Waals surface area contributed by atoms with Gasteiger partial charge in [-0.05, 0) is 41.9 Å². The fourth-order valence-corrected chi connectivity index (χ4v) is 2.55. The number of hydrogen-bond acceptors (Lipinski definition) is 3. The number of pyridine rings is 1. The highest BCUT2D eigenvalue weighted by Gasteiger charge is 2.04. The number of hydrogen-bond donors (Lipinski definition) is 2. The average molecular weight is 336 g/mol. The Hall–Kier alpha value is -2.99. The van der Waals surface area contributed by atoms with Gasteiger partial charge in [0, 0.05) is 12.7 Å². The molecule has 0 saturated heterocycles. The van der Waals surface area contributed by atoms with Crippen molar-refractivity contribution >= 4 is 40.1 Å². The Kier molecular flexibility index (Phi) is 4.67. The zero-order valence-corrected chi connectivity index (χ0v) is 13.9. The molecule has 0 bridgehead atoms. The van der Waals surface area contributed by atoms with Gasteiger partial charge in [0.05, 0.1) is 17.3 Å². The van der Waals surface area contributed by atoms with Crippen molar-refractivity contribution in [2.24, 2.45) is 12.1 Å². The van der Waals surface area contributed by atoms with Crippen molar-refractivity contribution in [3.8, 4) is 0 Å². The molecule has 3 rings (SSSR count). The van der Waals surface area contributed by atoms with Crippen LogP contribution >= 0.6 is 12.2 Å². The minimum absolute atomic E-state index is 0.110. The van der Waals surface area contributed by atoms with Crippen molar-refractivity contribution in [2.75, 3.05) is 5.32 Å². The number of para-hydroxylation sites is 2. The molecule has 0 radical (unpaired) electrons. The third-order valence-electron chi connectivity index (χ3n) is 3.56. The van der Waals surface area contributed by atoms with E-state index in [1.54, 1.807) is 11.6 Å². The second-order valence-electron chi connectivity index (χ2n) is 5.21. The normalized spacial score (nSPS) is 10.9. The van der Waals surface area contributed by atoms with Gasteiger partial charge < -0.3 is 9.88 Å². The summed E-state index contributed by atoms with van der Waals surface area (Å²) >= 11 is 5.17.